The van der Waals surface area contributed by atoms with Gasteiger partial charge in [0.15, 0.2) is 5.13 Å². The summed E-state index contributed by atoms with van der Waals surface area (Å²) in [5, 5.41) is 6.53. The third-order valence-electron chi connectivity index (χ3n) is 2.60. The van der Waals surface area contributed by atoms with Crippen LogP contribution in [0.3, 0.4) is 0 Å². The molecule has 0 amide bonds. The molecule has 0 bridgehead atoms. The van der Waals surface area contributed by atoms with E-state index in [-0.39, 0.29) is 0 Å². The molecule has 0 radical (unpaired) electrons. The van der Waals surface area contributed by atoms with Crippen LogP contribution in [-0.4, -0.2) is 11.5 Å². The number of aromatic nitrogens is 1. The van der Waals surface area contributed by atoms with Crippen molar-refractivity contribution in [1.82, 2.24) is 4.98 Å². The van der Waals surface area contributed by atoms with Gasteiger partial charge in [0.25, 0.3) is 0 Å². The van der Waals surface area contributed by atoms with E-state index < -0.39 is 0 Å². The van der Waals surface area contributed by atoms with Crippen molar-refractivity contribution in [2.45, 2.75) is 52.9 Å². The predicted octanol–water partition coefficient (Wildman–Crippen LogP) is 4.47. The van der Waals surface area contributed by atoms with Crippen molar-refractivity contribution in [3.8, 4) is 0 Å². The molecule has 3 heteroatoms. The highest BCUT2D eigenvalue weighted by molar-refractivity contribution is 7.13. The van der Waals surface area contributed by atoms with Crippen molar-refractivity contribution in [1.29, 1.82) is 0 Å². The lowest BCUT2D eigenvalue weighted by Crippen LogP contribution is -2.01. The fraction of sp³-hybridized carbons (Fsp3) is 0.769. The normalized spacial score (nSPS) is 11.0. The zero-order valence-electron chi connectivity index (χ0n) is 10.8. The molecule has 1 aromatic rings. The number of thiazole rings is 1. The van der Waals surface area contributed by atoms with Crippen LogP contribution in [0.1, 0.15) is 51.6 Å². The summed E-state index contributed by atoms with van der Waals surface area (Å²) in [5.41, 5.74) is 1.12. The minimum Gasteiger partial charge on any atom is -0.362 e. The Morgan fingerprint density at radius 3 is 2.62 bits per heavy atom. The van der Waals surface area contributed by atoms with Crippen molar-refractivity contribution in [3.05, 3.63) is 11.1 Å². The minimum absolute atomic E-state index is 0.858. The Morgan fingerprint density at radius 1 is 1.25 bits per heavy atom. The van der Waals surface area contributed by atoms with Crippen LogP contribution in [0.4, 0.5) is 5.13 Å². The van der Waals surface area contributed by atoms with Gasteiger partial charge in [-0.2, -0.15) is 0 Å². The Morgan fingerprint density at radius 2 is 2.00 bits per heavy atom. The summed E-state index contributed by atoms with van der Waals surface area (Å²) in [5.74, 6) is 0.858. The zero-order chi connectivity index (χ0) is 11.8. The standard InChI is InChI=1S/C13H24N2S/c1-11(2)8-6-4-5-7-9-14-13-15-12(3)10-16-13/h10-11H,4-9H2,1-3H3,(H,14,15). The van der Waals surface area contributed by atoms with Crippen LogP contribution in [-0.2, 0) is 0 Å². The molecular formula is C13H24N2S. The third-order valence-corrected chi connectivity index (χ3v) is 3.52. The third kappa shape index (κ3) is 6.11. The highest BCUT2D eigenvalue weighted by Gasteiger charge is 1.97. The summed E-state index contributed by atoms with van der Waals surface area (Å²) in [7, 11) is 0. The Kier molecular flexibility index (Phi) is 6.46. The van der Waals surface area contributed by atoms with E-state index in [0.717, 1.165) is 23.3 Å². The van der Waals surface area contributed by atoms with Crippen LogP contribution >= 0.6 is 11.3 Å². The van der Waals surface area contributed by atoms with E-state index in [4.69, 9.17) is 0 Å². The molecule has 0 aliphatic heterocycles. The first-order chi connectivity index (χ1) is 7.68. The Hall–Kier alpha value is -0.570. The fourth-order valence-electron chi connectivity index (χ4n) is 1.66. The van der Waals surface area contributed by atoms with Gasteiger partial charge in [0, 0.05) is 11.9 Å². The van der Waals surface area contributed by atoms with Crippen LogP contribution in [0.2, 0.25) is 0 Å². The molecule has 0 saturated heterocycles. The van der Waals surface area contributed by atoms with Crippen molar-refractivity contribution in [2.75, 3.05) is 11.9 Å². The van der Waals surface area contributed by atoms with Crippen LogP contribution < -0.4 is 5.32 Å². The lowest BCUT2D eigenvalue weighted by molar-refractivity contribution is 0.523. The Balaban J connectivity index is 1.92. The molecule has 16 heavy (non-hydrogen) atoms. The van der Waals surface area contributed by atoms with E-state index in [0.29, 0.717) is 0 Å². The molecule has 0 aliphatic carbocycles. The van der Waals surface area contributed by atoms with Crippen LogP contribution in [0.25, 0.3) is 0 Å². The number of unbranched alkanes of at least 4 members (excludes halogenated alkanes) is 3. The van der Waals surface area contributed by atoms with Crippen LogP contribution in [0.15, 0.2) is 5.38 Å². The number of hydrogen-bond donors (Lipinski definition) is 1. The van der Waals surface area contributed by atoms with Gasteiger partial charge in [-0.25, -0.2) is 4.98 Å². The van der Waals surface area contributed by atoms with Gasteiger partial charge in [-0.15, -0.1) is 11.3 Å². The maximum absolute atomic E-state index is 4.38. The molecule has 2 nitrogen and oxygen atoms in total. The topological polar surface area (TPSA) is 24.9 Å². The zero-order valence-corrected chi connectivity index (χ0v) is 11.6. The molecular weight excluding hydrogens is 216 g/mol. The van der Waals surface area contributed by atoms with Crippen molar-refractivity contribution in [3.63, 3.8) is 0 Å². The second-order valence-corrected chi connectivity index (χ2v) is 5.68. The Bertz CT molecular complexity index is 281. The first-order valence-corrected chi connectivity index (χ1v) is 7.22. The van der Waals surface area contributed by atoms with Gasteiger partial charge in [0.2, 0.25) is 0 Å². The van der Waals surface area contributed by atoms with E-state index >= 15 is 0 Å². The summed E-state index contributed by atoms with van der Waals surface area (Å²) >= 11 is 1.70. The summed E-state index contributed by atoms with van der Waals surface area (Å²) < 4.78 is 0. The van der Waals surface area contributed by atoms with Gasteiger partial charge in [0.05, 0.1) is 5.69 Å². The lowest BCUT2D eigenvalue weighted by atomic mass is 10.0. The average molecular weight is 240 g/mol. The molecule has 0 spiro atoms. The molecule has 0 unspecified atom stereocenters. The number of nitrogens with zero attached hydrogens (tertiary/aromatic N) is 1. The summed E-state index contributed by atoms with van der Waals surface area (Å²) in [4.78, 5) is 4.38. The largest absolute Gasteiger partial charge is 0.362 e. The molecule has 0 saturated carbocycles. The first-order valence-electron chi connectivity index (χ1n) is 6.34. The maximum atomic E-state index is 4.38. The molecule has 92 valence electrons. The van der Waals surface area contributed by atoms with Crippen LogP contribution in [0, 0.1) is 12.8 Å². The number of anilines is 1. The van der Waals surface area contributed by atoms with E-state index in [1.165, 1.54) is 32.1 Å². The van der Waals surface area contributed by atoms with Gasteiger partial charge in [-0.05, 0) is 19.3 Å². The van der Waals surface area contributed by atoms with E-state index in [9.17, 15) is 0 Å². The van der Waals surface area contributed by atoms with E-state index in [2.05, 4.69) is 29.5 Å². The monoisotopic (exact) mass is 240 g/mol. The smallest absolute Gasteiger partial charge is 0.182 e. The van der Waals surface area contributed by atoms with Crippen LogP contribution in [0.5, 0.6) is 0 Å². The highest BCUT2D eigenvalue weighted by Crippen LogP contribution is 2.14. The van der Waals surface area contributed by atoms with Gasteiger partial charge in [-0.3, -0.25) is 0 Å². The van der Waals surface area contributed by atoms with Gasteiger partial charge >= 0.3 is 0 Å². The Labute approximate surface area is 103 Å². The van der Waals surface area contributed by atoms with E-state index in [1.807, 2.05) is 6.92 Å². The predicted molar refractivity (Wildman–Crippen MR) is 73.3 cm³/mol. The quantitative estimate of drug-likeness (QED) is 0.678. The molecule has 1 heterocycles. The maximum Gasteiger partial charge on any atom is 0.182 e. The van der Waals surface area contributed by atoms with Crippen molar-refractivity contribution < 1.29 is 0 Å². The molecule has 0 atom stereocenters. The second-order valence-electron chi connectivity index (χ2n) is 4.82. The van der Waals surface area contributed by atoms with E-state index in [1.54, 1.807) is 11.3 Å². The number of aryl methyl sites for hydroxylation is 1. The second kappa shape index (κ2) is 7.66. The van der Waals surface area contributed by atoms with Gasteiger partial charge in [0.1, 0.15) is 0 Å². The average Bonchev–Trinajstić information content (AvgIpc) is 2.62. The van der Waals surface area contributed by atoms with Gasteiger partial charge in [-0.1, -0.05) is 39.5 Å². The molecule has 1 aromatic heterocycles. The summed E-state index contributed by atoms with van der Waals surface area (Å²) in [6.07, 6.45) is 6.73. The van der Waals surface area contributed by atoms with Crippen molar-refractivity contribution >= 4 is 16.5 Å². The SMILES string of the molecule is Cc1csc(NCCCCCCC(C)C)n1. The lowest BCUT2D eigenvalue weighted by Gasteiger charge is -2.04. The molecule has 1 rings (SSSR count). The summed E-state index contributed by atoms with van der Waals surface area (Å²) in [6, 6.07) is 0. The minimum atomic E-state index is 0.858. The van der Waals surface area contributed by atoms with Crippen molar-refractivity contribution in [2.24, 2.45) is 5.92 Å². The number of rotatable bonds is 8. The molecule has 0 aromatic carbocycles. The highest BCUT2D eigenvalue weighted by atomic mass is 32.1. The fourth-order valence-corrected chi connectivity index (χ4v) is 2.38. The summed E-state index contributed by atoms with van der Waals surface area (Å²) in [6.45, 7) is 7.70. The molecule has 1 N–H and O–H groups in total. The molecule has 0 aliphatic rings. The van der Waals surface area contributed by atoms with Gasteiger partial charge < -0.3 is 5.32 Å². The number of nitrogens with one attached hydrogen (secondary N) is 1. The molecule has 0 fully saturated rings. The number of hydrogen-bond acceptors (Lipinski definition) is 3. The first kappa shape index (κ1) is 13.5.